The monoisotopic (exact) mass is 441 g/mol. The summed E-state index contributed by atoms with van der Waals surface area (Å²) in [6.45, 7) is 3.20. The highest BCUT2D eigenvalue weighted by Crippen LogP contribution is 2.17. The quantitative estimate of drug-likeness (QED) is 0.389. The average molecular weight is 441 g/mol. The number of hydrogen-bond acceptors (Lipinski definition) is 6. The SMILES string of the molecule is CCCCCC(=O)N[C@@H](C)C(=O)Nc1ccc(-c2ccc(C(=O)NCC(=O)O)cn2)nc1. The summed E-state index contributed by atoms with van der Waals surface area (Å²) in [5, 5.41) is 16.2. The molecule has 0 fully saturated rings. The van der Waals surface area contributed by atoms with Gasteiger partial charge in [0.2, 0.25) is 11.8 Å². The van der Waals surface area contributed by atoms with E-state index < -0.39 is 24.5 Å². The van der Waals surface area contributed by atoms with Crippen LogP contribution in [0.5, 0.6) is 0 Å². The van der Waals surface area contributed by atoms with Gasteiger partial charge in [-0.3, -0.25) is 29.1 Å². The first-order valence-electron chi connectivity index (χ1n) is 10.3. The number of pyridine rings is 2. The van der Waals surface area contributed by atoms with Gasteiger partial charge in [-0.1, -0.05) is 19.8 Å². The predicted molar refractivity (Wildman–Crippen MR) is 118 cm³/mol. The predicted octanol–water partition coefficient (Wildman–Crippen LogP) is 1.98. The minimum Gasteiger partial charge on any atom is -0.480 e. The number of unbranched alkanes of at least 4 members (excludes halogenated alkanes) is 2. The molecule has 0 bridgehead atoms. The Hall–Kier alpha value is -3.82. The summed E-state index contributed by atoms with van der Waals surface area (Å²) in [5.74, 6) is -2.17. The smallest absolute Gasteiger partial charge is 0.322 e. The van der Waals surface area contributed by atoms with Crippen molar-refractivity contribution in [3.63, 3.8) is 0 Å². The number of hydrogen-bond donors (Lipinski definition) is 4. The number of anilines is 1. The average Bonchev–Trinajstić information content (AvgIpc) is 2.78. The van der Waals surface area contributed by atoms with Crippen LogP contribution in [-0.2, 0) is 14.4 Å². The Kier molecular flexibility index (Phi) is 9.27. The Morgan fingerprint density at radius 2 is 1.69 bits per heavy atom. The van der Waals surface area contributed by atoms with Crippen LogP contribution in [0.1, 0.15) is 49.9 Å². The second kappa shape index (κ2) is 12.1. The summed E-state index contributed by atoms with van der Waals surface area (Å²) in [4.78, 5) is 54.9. The van der Waals surface area contributed by atoms with E-state index in [4.69, 9.17) is 5.11 Å². The first-order chi connectivity index (χ1) is 15.3. The highest BCUT2D eigenvalue weighted by atomic mass is 16.4. The molecule has 2 aromatic heterocycles. The van der Waals surface area contributed by atoms with E-state index in [2.05, 4.69) is 32.8 Å². The fraction of sp³-hybridized carbons (Fsp3) is 0.364. The summed E-state index contributed by atoms with van der Waals surface area (Å²) >= 11 is 0. The third-order valence-electron chi connectivity index (χ3n) is 4.50. The fourth-order valence-electron chi connectivity index (χ4n) is 2.72. The van der Waals surface area contributed by atoms with Gasteiger partial charge >= 0.3 is 5.97 Å². The second-order valence-electron chi connectivity index (χ2n) is 7.18. The Labute approximate surface area is 185 Å². The lowest BCUT2D eigenvalue weighted by molar-refractivity contribution is -0.135. The van der Waals surface area contributed by atoms with Gasteiger partial charge in [0.1, 0.15) is 12.6 Å². The van der Waals surface area contributed by atoms with Gasteiger partial charge in [-0.15, -0.1) is 0 Å². The highest BCUT2D eigenvalue weighted by molar-refractivity contribution is 5.97. The normalized spacial score (nSPS) is 11.3. The van der Waals surface area contributed by atoms with E-state index in [0.717, 1.165) is 19.3 Å². The van der Waals surface area contributed by atoms with Crippen LogP contribution < -0.4 is 16.0 Å². The van der Waals surface area contributed by atoms with E-state index in [9.17, 15) is 19.2 Å². The zero-order valence-corrected chi connectivity index (χ0v) is 18.1. The number of nitrogens with zero attached hydrogens (tertiary/aromatic N) is 2. The van der Waals surface area contributed by atoms with Gasteiger partial charge in [0.15, 0.2) is 0 Å². The highest BCUT2D eigenvalue weighted by Gasteiger charge is 2.16. The van der Waals surface area contributed by atoms with E-state index in [-0.39, 0.29) is 17.4 Å². The van der Waals surface area contributed by atoms with Crippen LogP contribution in [0, 0.1) is 0 Å². The molecular weight excluding hydrogens is 414 g/mol. The molecule has 0 unspecified atom stereocenters. The number of nitrogens with one attached hydrogen (secondary N) is 3. The molecule has 170 valence electrons. The molecule has 0 aliphatic carbocycles. The number of rotatable bonds is 11. The molecule has 4 N–H and O–H groups in total. The van der Waals surface area contributed by atoms with Crippen molar-refractivity contribution in [3.05, 3.63) is 42.2 Å². The number of aliphatic carboxylic acids is 1. The van der Waals surface area contributed by atoms with Crippen LogP contribution in [0.3, 0.4) is 0 Å². The molecule has 2 rings (SSSR count). The number of carboxylic acids is 1. The van der Waals surface area contributed by atoms with Gasteiger partial charge in [0.05, 0.1) is 28.8 Å². The molecule has 0 aliphatic heterocycles. The number of aromatic nitrogens is 2. The standard InChI is InChI=1S/C22H27N5O5/c1-3-4-5-6-19(28)26-14(2)21(31)27-16-8-10-18(24-12-16)17-9-7-15(11-23-17)22(32)25-13-20(29)30/h7-12,14H,3-6,13H2,1-2H3,(H,25,32)(H,26,28)(H,27,31)(H,29,30)/t14-/m0/s1. The molecule has 0 radical (unpaired) electrons. The second-order valence-corrected chi connectivity index (χ2v) is 7.18. The lowest BCUT2D eigenvalue weighted by atomic mass is 10.2. The van der Waals surface area contributed by atoms with E-state index >= 15 is 0 Å². The number of amides is 3. The van der Waals surface area contributed by atoms with Crippen LogP contribution in [0.2, 0.25) is 0 Å². The van der Waals surface area contributed by atoms with Gasteiger partial charge < -0.3 is 21.1 Å². The zero-order chi connectivity index (χ0) is 23.5. The number of carbonyl (C=O) groups excluding carboxylic acids is 3. The molecule has 1 atom stereocenters. The van der Waals surface area contributed by atoms with E-state index in [1.165, 1.54) is 18.5 Å². The molecule has 2 heterocycles. The van der Waals surface area contributed by atoms with Gasteiger partial charge in [-0.2, -0.15) is 0 Å². The topological polar surface area (TPSA) is 150 Å². The Bertz CT molecular complexity index is 944. The summed E-state index contributed by atoms with van der Waals surface area (Å²) in [5.41, 5.74) is 1.73. The van der Waals surface area contributed by atoms with E-state index in [1.54, 1.807) is 25.1 Å². The van der Waals surface area contributed by atoms with Crippen LogP contribution in [0.15, 0.2) is 36.7 Å². The third kappa shape index (κ3) is 7.78. The van der Waals surface area contributed by atoms with Crippen molar-refractivity contribution in [3.8, 4) is 11.4 Å². The van der Waals surface area contributed by atoms with Crippen molar-refractivity contribution in [2.24, 2.45) is 0 Å². The molecule has 32 heavy (non-hydrogen) atoms. The van der Waals surface area contributed by atoms with Crippen molar-refractivity contribution in [1.29, 1.82) is 0 Å². The zero-order valence-electron chi connectivity index (χ0n) is 18.1. The maximum absolute atomic E-state index is 12.3. The van der Waals surface area contributed by atoms with Crippen LogP contribution >= 0.6 is 0 Å². The maximum Gasteiger partial charge on any atom is 0.322 e. The Morgan fingerprint density at radius 1 is 1.00 bits per heavy atom. The number of carboxylic acid groups (broad SMARTS) is 1. The molecule has 0 saturated heterocycles. The largest absolute Gasteiger partial charge is 0.480 e. The maximum atomic E-state index is 12.3. The summed E-state index contributed by atoms with van der Waals surface area (Å²) in [6, 6.07) is 5.75. The lowest BCUT2D eigenvalue weighted by Gasteiger charge is -2.14. The van der Waals surface area contributed by atoms with Crippen molar-refractivity contribution >= 4 is 29.4 Å². The Morgan fingerprint density at radius 3 is 2.25 bits per heavy atom. The minimum absolute atomic E-state index is 0.152. The summed E-state index contributed by atoms with van der Waals surface area (Å²) in [7, 11) is 0. The van der Waals surface area contributed by atoms with Crippen LogP contribution in [0.4, 0.5) is 5.69 Å². The van der Waals surface area contributed by atoms with Crippen LogP contribution in [0.25, 0.3) is 11.4 Å². The van der Waals surface area contributed by atoms with Gasteiger partial charge in [-0.25, -0.2) is 0 Å². The molecule has 10 nitrogen and oxygen atoms in total. The first kappa shape index (κ1) is 24.4. The molecule has 2 aromatic rings. The van der Waals surface area contributed by atoms with Crippen molar-refractivity contribution in [2.45, 2.75) is 45.6 Å². The van der Waals surface area contributed by atoms with Gasteiger partial charge in [0.25, 0.3) is 5.91 Å². The Balaban J connectivity index is 1.91. The molecule has 10 heteroatoms. The third-order valence-corrected chi connectivity index (χ3v) is 4.50. The minimum atomic E-state index is -1.14. The van der Waals surface area contributed by atoms with E-state index in [0.29, 0.717) is 23.5 Å². The van der Waals surface area contributed by atoms with Crippen molar-refractivity contribution in [2.75, 3.05) is 11.9 Å². The fourth-order valence-corrected chi connectivity index (χ4v) is 2.72. The first-order valence-corrected chi connectivity index (χ1v) is 10.3. The van der Waals surface area contributed by atoms with Crippen LogP contribution in [-0.4, -0.2) is 51.4 Å². The summed E-state index contributed by atoms with van der Waals surface area (Å²) < 4.78 is 0. The van der Waals surface area contributed by atoms with Gasteiger partial charge in [0, 0.05) is 12.6 Å². The molecule has 0 aromatic carbocycles. The van der Waals surface area contributed by atoms with Gasteiger partial charge in [-0.05, 0) is 37.6 Å². The molecule has 0 spiro atoms. The van der Waals surface area contributed by atoms with Crippen molar-refractivity contribution < 1.29 is 24.3 Å². The molecule has 0 saturated carbocycles. The molecule has 3 amide bonds. The molecule has 0 aliphatic rings. The summed E-state index contributed by atoms with van der Waals surface area (Å²) in [6.07, 6.45) is 5.99. The number of carbonyl (C=O) groups is 4. The molecular formula is C22H27N5O5. The van der Waals surface area contributed by atoms with E-state index in [1.807, 2.05) is 0 Å². The van der Waals surface area contributed by atoms with Crippen molar-refractivity contribution in [1.82, 2.24) is 20.6 Å². The lowest BCUT2D eigenvalue weighted by Crippen LogP contribution is -2.41.